The molecule has 0 unspecified atom stereocenters. The van der Waals surface area contributed by atoms with Crippen molar-refractivity contribution in [3.8, 4) is 28.7 Å². The monoisotopic (exact) mass is 321 g/mol. The maximum absolute atomic E-state index is 12.4. The molecule has 0 N–H and O–H groups in total. The van der Waals surface area contributed by atoms with Crippen molar-refractivity contribution in [2.75, 3.05) is 0 Å². The summed E-state index contributed by atoms with van der Waals surface area (Å²) in [6.07, 6.45) is 0. The van der Waals surface area contributed by atoms with E-state index < -0.39 is 0 Å². The third kappa shape index (κ3) is 3.01. The third-order valence-electron chi connectivity index (χ3n) is 3.42. The van der Waals surface area contributed by atoms with Crippen LogP contribution in [0, 0.1) is 11.3 Å². The fraction of sp³-hybridized carbons (Fsp3) is 0.0556. The molecule has 0 amide bonds. The van der Waals surface area contributed by atoms with Gasteiger partial charge in [0, 0.05) is 22.2 Å². The molecular formula is C18H12ClN3O. The molecule has 0 aliphatic rings. The van der Waals surface area contributed by atoms with Gasteiger partial charge in [-0.2, -0.15) is 5.26 Å². The van der Waals surface area contributed by atoms with E-state index >= 15 is 0 Å². The van der Waals surface area contributed by atoms with E-state index in [1.165, 1.54) is 10.6 Å². The quantitative estimate of drug-likeness (QED) is 0.738. The SMILES string of the molecule is N#CCn1c(-c2ccccc2)nc(-c2ccccc2Cl)cc1=O. The Morgan fingerprint density at radius 1 is 1.09 bits per heavy atom. The number of nitriles is 1. The van der Waals surface area contributed by atoms with Gasteiger partial charge in [0.05, 0.1) is 11.8 Å². The van der Waals surface area contributed by atoms with Crippen molar-refractivity contribution in [2.24, 2.45) is 0 Å². The highest BCUT2D eigenvalue weighted by molar-refractivity contribution is 6.33. The fourth-order valence-corrected chi connectivity index (χ4v) is 2.58. The van der Waals surface area contributed by atoms with Gasteiger partial charge in [-0.05, 0) is 6.07 Å². The largest absolute Gasteiger partial charge is 0.279 e. The van der Waals surface area contributed by atoms with Crippen molar-refractivity contribution in [2.45, 2.75) is 6.54 Å². The molecule has 0 atom stereocenters. The van der Waals surface area contributed by atoms with E-state index in [2.05, 4.69) is 4.98 Å². The molecule has 0 aliphatic heterocycles. The van der Waals surface area contributed by atoms with Crippen molar-refractivity contribution in [1.29, 1.82) is 5.26 Å². The van der Waals surface area contributed by atoms with E-state index in [-0.39, 0.29) is 12.1 Å². The Labute approximate surface area is 138 Å². The minimum absolute atomic E-state index is 0.0567. The van der Waals surface area contributed by atoms with Gasteiger partial charge in [0.25, 0.3) is 5.56 Å². The second-order valence-electron chi connectivity index (χ2n) is 4.89. The standard InChI is InChI=1S/C18H12ClN3O/c19-15-9-5-4-8-14(15)16-12-17(23)22(11-10-20)18(21-16)13-6-2-1-3-7-13/h1-9,12H,11H2. The maximum atomic E-state index is 12.4. The van der Waals surface area contributed by atoms with Gasteiger partial charge in [-0.25, -0.2) is 4.98 Å². The topological polar surface area (TPSA) is 58.7 Å². The second kappa shape index (κ2) is 6.47. The molecule has 0 saturated carbocycles. The molecule has 4 nitrogen and oxygen atoms in total. The molecule has 0 aliphatic carbocycles. The van der Waals surface area contributed by atoms with E-state index in [4.69, 9.17) is 16.9 Å². The normalized spacial score (nSPS) is 10.3. The molecule has 1 aromatic heterocycles. The molecule has 0 spiro atoms. The highest BCUT2D eigenvalue weighted by Gasteiger charge is 2.13. The predicted octanol–water partition coefficient (Wildman–Crippen LogP) is 3.75. The molecule has 5 heteroatoms. The number of hydrogen-bond donors (Lipinski definition) is 0. The molecule has 0 bridgehead atoms. The number of nitrogens with zero attached hydrogens (tertiary/aromatic N) is 3. The highest BCUT2D eigenvalue weighted by atomic mass is 35.5. The minimum Gasteiger partial charge on any atom is -0.279 e. The Bertz CT molecular complexity index is 942. The van der Waals surface area contributed by atoms with E-state index in [1.54, 1.807) is 6.07 Å². The third-order valence-corrected chi connectivity index (χ3v) is 3.75. The molecular weight excluding hydrogens is 310 g/mol. The Morgan fingerprint density at radius 2 is 1.78 bits per heavy atom. The lowest BCUT2D eigenvalue weighted by atomic mass is 10.1. The second-order valence-corrected chi connectivity index (χ2v) is 5.30. The number of aromatic nitrogens is 2. The maximum Gasteiger partial charge on any atom is 0.255 e. The van der Waals surface area contributed by atoms with Crippen molar-refractivity contribution in [1.82, 2.24) is 9.55 Å². The van der Waals surface area contributed by atoms with Crippen molar-refractivity contribution in [3.05, 3.63) is 76.0 Å². The first-order chi connectivity index (χ1) is 11.2. The number of hydrogen-bond acceptors (Lipinski definition) is 3. The smallest absolute Gasteiger partial charge is 0.255 e. The lowest BCUT2D eigenvalue weighted by Gasteiger charge is -2.12. The summed E-state index contributed by atoms with van der Waals surface area (Å²) in [5.74, 6) is 0.453. The average Bonchev–Trinajstić information content (AvgIpc) is 2.58. The van der Waals surface area contributed by atoms with Gasteiger partial charge in [0.15, 0.2) is 0 Å². The molecule has 0 saturated heterocycles. The Balaban J connectivity index is 2.27. The van der Waals surface area contributed by atoms with Crippen LogP contribution in [0.25, 0.3) is 22.6 Å². The Morgan fingerprint density at radius 3 is 2.48 bits per heavy atom. The van der Waals surface area contributed by atoms with Gasteiger partial charge in [-0.3, -0.25) is 9.36 Å². The molecule has 3 aromatic rings. The summed E-state index contributed by atoms with van der Waals surface area (Å²) in [5, 5.41) is 9.51. The first kappa shape index (κ1) is 15.0. The highest BCUT2D eigenvalue weighted by Crippen LogP contribution is 2.27. The van der Waals surface area contributed by atoms with Crippen molar-refractivity contribution >= 4 is 11.6 Å². The van der Waals surface area contributed by atoms with Crippen LogP contribution >= 0.6 is 11.6 Å². The van der Waals surface area contributed by atoms with Crippen LogP contribution in [0.5, 0.6) is 0 Å². The minimum atomic E-state index is -0.282. The first-order valence-electron chi connectivity index (χ1n) is 7.00. The average molecular weight is 322 g/mol. The lowest BCUT2D eigenvalue weighted by Crippen LogP contribution is -2.22. The molecule has 23 heavy (non-hydrogen) atoms. The lowest BCUT2D eigenvalue weighted by molar-refractivity contribution is 0.775. The zero-order valence-electron chi connectivity index (χ0n) is 12.1. The summed E-state index contributed by atoms with van der Waals surface area (Å²) >= 11 is 6.21. The summed E-state index contributed by atoms with van der Waals surface area (Å²) in [6, 6.07) is 19.9. The van der Waals surface area contributed by atoms with Crippen LogP contribution in [0.1, 0.15) is 0 Å². The molecule has 0 fully saturated rings. The molecule has 3 rings (SSSR count). The zero-order valence-corrected chi connectivity index (χ0v) is 12.9. The first-order valence-corrected chi connectivity index (χ1v) is 7.37. The van der Waals surface area contributed by atoms with Gasteiger partial charge >= 0.3 is 0 Å². The molecule has 0 radical (unpaired) electrons. The Kier molecular flexibility index (Phi) is 4.22. The zero-order chi connectivity index (χ0) is 16.2. The van der Waals surface area contributed by atoms with Gasteiger partial charge in [0.2, 0.25) is 0 Å². The number of rotatable bonds is 3. The van der Waals surface area contributed by atoms with E-state index in [0.717, 1.165) is 5.56 Å². The van der Waals surface area contributed by atoms with Crippen LogP contribution in [0.3, 0.4) is 0 Å². The van der Waals surface area contributed by atoms with Crippen LogP contribution in [0.2, 0.25) is 5.02 Å². The Hall–Kier alpha value is -2.90. The fourth-order valence-electron chi connectivity index (χ4n) is 2.34. The van der Waals surface area contributed by atoms with Crippen LogP contribution < -0.4 is 5.56 Å². The van der Waals surface area contributed by atoms with Gasteiger partial charge in [0.1, 0.15) is 12.4 Å². The summed E-state index contributed by atoms with van der Waals surface area (Å²) in [6.45, 7) is -0.0567. The van der Waals surface area contributed by atoms with Gasteiger partial charge < -0.3 is 0 Å². The van der Waals surface area contributed by atoms with E-state index in [9.17, 15) is 4.79 Å². The van der Waals surface area contributed by atoms with Crippen LogP contribution in [-0.4, -0.2) is 9.55 Å². The summed E-state index contributed by atoms with van der Waals surface area (Å²) in [7, 11) is 0. The van der Waals surface area contributed by atoms with E-state index in [1.807, 2.05) is 54.6 Å². The number of halogens is 1. The van der Waals surface area contributed by atoms with Crippen molar-refractivity contribution < 1.29 is 0 Å². The van der Waals surface area contributed by atoms with Crippen LogP contribution in [-0.2, 0) is 6.54 Å². The van der Waals surface area contributed by atoms with E-state index in [0.29, 0.717) is 22.1 Å². The summed E-state index contributed by atoms with van der Waals surface area (Å²) in [5.41, 5.74) is 1.67. The molecule has 2 aromatic carbocycles. The number of benzene rings is 2. The van der Waals surface area contributed by atoms with Crippen LogP contribution in [0.4, 0.5) is 0 Å². The van der Waals surface area contributed by atoms with Gasteiger partial charge in [-0.1, -0.05) is 60.1 Å². The van der Waals surface area contributed by atoms with Crippen molar-refractivity contribution in [3.63, 3.8) is 0 Å². The van der Waals surface area contributed by atoms with Crippen LogP contribution in [0.15, 0.2) is 65.5 Å². The molecule has 112 valence electrons. The summed E-state index contributed by atoms with van der Waals surface area (Å²) < 4.78 is 1.36. The summed E-state index contributed by atoms with van der Waals surface area (Å²) in [4.78, 5) is 17.0. The molecule has 1 heterocycles. The predicted molar refractivity (Wildman–Crippen MR) is 90.0 cm³/mol. The van der Waals surface area contributed by atoms with Gasteiger partial charge in [-0.15, -0.1) is 0 Å².